The van der Waals surface area contributed by atoms with Crippen LogP contribution in [-0.4, -0.2) is 24.7 Å². The van der Waals surface area contributed by atoms with Crippen molar-refractivity contribution in [3.05, 3.63) is 107 Å². The summed E-state index contributed by atoms with van der Waals surface area (Å²) in [5.41, 5.74) is 6.81. The van der Waals surface area contributed by atoms with Crippen LogP contribution in [-0.2, 0) is 9.53 Å². The fourth-order valence-electron chi connectivity index (χ4n) is 3.39. The van der Waals surface area contributed by atoms with Crippen LogP contribution in [0, 0.1) is 13.8 Å². The van der Waals surface area contributed by atoms with Gasteiger partial charge in [0.15, 0.2) is 0 Å². The molecule has 0 saturated carbocycles. The van der Waals surface area contributed by atoms with Gasteiger partial charge >= 0.3 is 5.97 Å². The SMILES string of the molecule is C=C(N=C1C=CC=C/C1=C(/C)C(=O)Nc1ccc(C(=O)OC)cc1)c1ccc(C)cc1C. The summed E-state index contributed by atoms with van der Waals surface area (Å²) in [6.45, 7) is 9.98. The molecule has 5 nitrogen and oxygen atoms in total. The van der Waals surface area contributed by atoms with E-state index in [2.05, 4.69) is 18.0 Å². The summed E-state index contributed by atoms with van der Waals surface area (Å²) in [6.07, 6.45) is 7.49. The molecule has 0 radical (unpaired) electrons. The Balaban J connectivity index is 1.85. The summed E-state index contributed by atoms with van der Waals surface area (Å²) < 4.78 is 4.70. The number of nitrogens with zero attached hydrogens (tertiary/aromatic N) is 1. The van der Waals surface area contributed by atoms with E-state index in [0.717, 1.165) is 16.7 Å². The third kappa shape index (κ3) is 5.19. The largest absolute Gasteiger partial charge is 0.465 e. The molecule has 1 N–H and O–H groups in total. The number of carbonyl (C=O) groups is 2. The summed E-state index contributed by atoms with van der Waals surface area (Å²) in [6, 6.07) is 12.7. The van der Waals surface area contributed by atoms with E-state index in [1.165, 1.54) is 12.7 Å². The first-order valence-electron chi connectivity index (χ1n) is 10.2. The Kier molecular flexibility index (Phi) is 7.00. The maximum Gasteiger partial charge on any atom is 0.337 e. The zero-order valence-corrected chi connectivity index (χ0v) is 18.7. The number of hydrogen-bond acceptors (Lipinski definition) is 4. The third-order valence-electron chi connectivity index (χ3n) is 5.16. The average molecular weight is 427 g/mol. The van der Waals surface area contributed by atoms with Crippen LogP contribution < -0.4 is 5.32 Å². The molecule has 0 aliphatic heterocycles. The van der Waals surface area contributed by atoms with E-state index in [0.29, 0.717) is 28.2 Å². The van der Waals surface area contributed by atoms with Gasteiger partial charge in [-0.15, -0.1) is 0 Å². The Morgan fingerprint density at radius 2 is 1.69 bits per heavy atom. The van der Waals surface area contributed by atoms with Crippen LogP contribution in [0.2, 0.25) is 0 Å². The fraction of sp³-hybridized carbons (Fsp3) is 0.148. The third-order valence-corrected chi connectivity index (χ3v) is 5.16. The van der Waals surface area contributed by atoms with Gasteiger partial charge in [0.05, 0.1) is 24.1 Å². The smallest absolute Gasteiger partial charge is 0.337 e. The van der Waals surface area contributed by atoms with Gasteiger partial charge in [-0.05, 0) is 56.7 Å². The molecule has 5 heteroatoms. The average Bonchev–Trinajstić information content (AvgIpc) is 2.78. The second-order valence-electron chi connectivity index (χ2n) is 7.54. The number of rotatable bonds is 5. The number of allylic oxidation sites excluding steroid dienone is 5. The molecule has 1 amide bonds. The molecule has 3 rings (SSSR count). The number of anilines is 1. The number of methoxy groups -OCH3 is 1. The lowest BCUT2D eigenvalue weighted by Gasteiger charge is -2.14. The van der Waals surface area contributed by atoms with Crippen molar-refractivity contribution in [2.45, 2.75) is 20.8 Å². The number of benzene rings is 2. The van der Waals surface area contributed by atoms with Crippen LogP contribution in [0.5, 0.6) is 0 Å². The molecule has 0 spiro atoms. The van der Waals surface area contributed by atoms with Gasteiger partial charge in [0.1, 0.15) is 0 Å². The van der Waals surface area contributed by atoms with E-state index in [-0.39, 0.29) is 5.91 Å². The number of aliphatic imine (C=N–C) groups is 1. The van der Waals surface area contributed by atoms with Crippen molar-refractivity contribution in [3.63, 3.8) is 0 Å². The van der Waals surface area contributed by atoms with Gasteiger partial charge in [0.25, 0.3) is 5.91 Å². The summed E-state index contributed by atoms with van der Waals surface area (Å²) in [4.78, 5) is 29.2. The number of aryl methyl sites for hydroxylation is 2. The van der Waals surface area contributed by atoms with Gasteiger partial charge in [-0.3, -0.25) is 4.79 Å². The maximum atomic E-state index is 12.9. The van der Waals surface area contributed by atoms with E-state index in [1.807, 2.05) is 50.3 Å². The minimum absolute atomic E-state index is 0.254. The lowest BCUT2D eigenvalue weighted by Crippen LogP contribution is -2.17. The highest BCUT2D eigenvalue weighted by Gasteiger charge is 2.16. The van der Waals surface area contributed by atoms with E-state index < -0.39 is 5.97 Å². The van der Waals surface area contributed by atoms with Crippen LogP contribution in [0.15, 0.2) is 89.5 Å². The summed E-state index contributed by atoms with van der Waals surface area (Å²) >= 11 is 0. The number of amides is 1. The van der Waals surface area contributed by atoms with Crippen molar-refractivity contribution in [1.29, 1.82) is 0 Å². The second-order valence-corrected chi connectivity index (χ2v) is 7.54. The van der Waals surface area contributed by atoms with Crippen molar-refractivity contribution in [1.82, 2.24) is 0 Å². The summed E-state index contributed by atoms with van der Waals surface area (Å²) in [5, 5.41) is 2.86. The topological polar surface area (TPSA) is 67.8 Å². The van der Waals surface area contributed by atoms with E-state index in [4.69, 9.17) is 9.73 Å². The molecule has 2 aromatic carbocycles. The molecule has 0 aromatic heterocycles. The first kappa shape index (κ1) is 22.7. The molecule has 0 atom stereocenters. The van der Waals surface area contributed by atoms with E-state index in [9.17, 15) is 9.59 Å². The Hall–Kier alpha value is -3.99. The number of carbonyl (C=O) groups excluding carboxylic acids is 2. The van der Waals surface area contributed by atoms with Gasteiger partial charge in [-0.25, -0.2) is 9.79 Å². The normalized spacial score (nSPS) is 15.4. The number of esters is 1. The summed E-state index contributed by atoms with van der Waals surface area (Å²) in [7, 11) is 1.33. The molecule has 1 aliphatic carbocycles. The fourth-order valence-corrected chi connectivity index (χ4v) is 3.39. The Morgan fingerprint density at radius 1 is 1.00 bits per heavy atom. The molecule has 0 bridgehead atoms. The highest BCUT2D eigenvalue weighted by molar-refractivity contribution is 6.19. The van der Waals surface area contributed by atoms with Crippen LogP contribution in [0.25, 0.3) is 5.70 Å². The molecular weight excluding hydrogens is 400 g/mol. The van der Waals surface area contributed by atoms with Crippen molar-refractivity contribution in [2.24, 2.45) is 4.99 Å². The quantitative estimate of drug-likeness (QED) is 0.501. The molecule has 0 fully saturated rings. The Morgan fingerprint density at radius 3 is 2.34 bits per heavy atom. The predicted molar refractivity (Wildman–Crippen MR) is 130 cm³/mol. The van der Waals surface area contributed by atoms with Crippen molar-refractivity contribution < 1.29 is 14.3 Å². The first-order valence-corrected chi connectivity index (χ1v) is 10.2. The highest BCUT2D eigenvalue weighted by atomic mass is 16.5. The molecule has 0 saturated heterocycles. The van der Waals surface area contributed by atoms with Crippen molar-refractivity contribution in [3.8, 4) is 0 Å². The number of ether oxygens (including phenoxy) is 1. The lowest BCUT2D eigenvalue weighted by molar-refractivity contribution is -0.112. The molecule has 2 aromatic rings. The molecular formula is C27H26N2O3. The Bertz CT molecular complexity index is 1200. The van der Waals surface area contributed by atoms with Crippen LogP contribution in [0.3, 0.4) is 0 Å². The molecule has 32 heavy (non-hydrogen) atoms. The zero-order chi connectivity index (χ0) is 23.3. The number of nitrogens with one attached hydrogen (secondary N) is 1. The standard InChI is InChI=1S/C27H26N2O3/c1-17-10-15-23(18(2)16-17)20(4)28-25-9-7-6-8-24(25)19(3)26(30)29-22-13-11-21(12-14-22)27(31)32-5/h6-16H,4H2,1-3,5H3,(H,29,30)/b24-19+,28-25?. The van der Waals surface area contributed by atoms with E-state index >= 15 is 0 Å². The maximum absolute atomic E-state index is 12.9. The van der Waals surface area contributed by atoms with Gasteiger partial charge < -0.3 is 10.1 Å². The van der Waals surface area contributed by atoms with Crippen molar-refractivity contribution in [2.75, 3.05) is 12.4 Å². The number of hydrogen-bond donors (Lipinski definition) is 1. The van der Waals surface area contributed by atoms with Gasteiger partial charge in [0, 0.05) is 22.4 Å². The lowest BCUT2D eigenvalue weighted by atomic mass is 9.98. The first-order chi connectivity index (χ1) is 15.3. The Labute approximate surface area is 188 Å². The molecule has 0 unspecified atom stereocenters. The minimum Gasteiger partial charge on any atom is -0.465 e. The second kappa shape index (κ2) is 9.88. The monoisotopic (exact) mass is 426 g/mol. The highest BCUT2D eigenvalue weighted by Crippen LogP contribution is 2.23. The zero-order valence-electron chi connectivity index (χ0n) is 18.7. The van der Waals surface area contributed by atoms with Crippen LogP contribution in [0.1, 0.15) is 34.0 Å². The van der Waals surface area contributed by atoms with Crippen LogP contribution in [0.4, 0.5) is 5.69 Å². The van der Waals surface area contributed by atoms with E-state index in [1.54, 1.807) is 31.2 Å². The molecule has 162 valence electrons. The van der Waals surface area contributed by atoms with Gasteiger partial charge in [0.2, 0.25) is 0 Å². The van der Waals surface area contributed by atoms with Crippen LogP contribution >= 0.6 is 0 Å². The molecule has 0 heterocycles. The summed E-state index contributed by atoms with van der Waals surface area (Å²) in [5.74, 6) is -0.680. The molecule has 1 aliphatic rings. The van der Waals surface area contributed by atoms with Gasteiger partial charge in [-0.2, -0.15) is 0 Å². The minimum atomic E-state index is -0.426. The predicted octanol–water partition coefficient (Wildman–Crippen LogP) is 5.58. The van der Waals surface area contributed by atoms with Crippen molar-refractivity contribution >= 4 is 29.0 Å². The van der Waals surface area contributed by atoms with Gasteiger partial charge in [-0.1, -0.05) is 48.6 Å².